The molecule has 0 heterocycles. The number of halogens is 1. The second-order valence-corrected chi connectivity index (χ2v) is 5.92. The van der Waals surface area contributed by atoms with Crippen molar-refractivity contribution in [3.05, 3.63) is 34.3 Å². The average molecular weight is 250 g/mol. The van der Waals surface area contributed by atoms with Gasteiger partial charge in [0.05, 0.1) is 5.41 Å². The third kappa shape index (κ3) is 1.66. The molecule has 2 atom stereocenters. The number of nitrogens with two attached hydrogens (primary N) is 1. The van der Waals surface area contributed by atoms with Crippen molar-refractivity contribution >= 4 is 17.5 Å². The first-order valence-corrected chi connectivity index (χ1v) is 6.55. The van der Waals surface area contributed by atoms with E-state index in [1.807, 2.05) is 12.1 Å². The molecule has 17 heavy (non-hydrogen) atoms. The molecule has 0 aromatic heterocycles. The van der Waals surface area contributed by atoms with Crippen LogP contribution in [0.2, 0.25) is 5.02 Å². The zero-order valence-corrected chi connectivity index (χ0v) is 10.5. The van der Waals surface area contributed by atoms with Gasteiger partial charge in [-0.25, -0.2) is 0 Å². The maximum Gasteiger partial charge on any atom is 0.223 e. The van der Waals surface area contributed by atoms with Crippen LogP contribution in [0, 0.1) is 11.3 Å². The van der Waals surface area contributed by atoms with Crippen LogP contribution in [-0.4, -0.2) is 5.91 Å². The Balaban J connectivity index is 2.10. The van der Waals surface area contributed by atoms with Crippen molar-refractivity contribution in [2.45, 2.75) is 32.1 Å². The van der Waals surface area contributed by atoms with Crippen molar-refractivity contribution in [2.24, 2.45) is 17.1 Å². The Bertz CT molecular complexity index is 485. The first-order valence-electron chi connectivity index (χ1n) is 6.17. The molecule has 2 nitrogen and oxygen atoms in total. The third-order valence-electron chi connectivity index (χ3n) is 4.47. The Labute approximate surface area is 106 Å². The fourth-order valence-electron chi connectivity index (χ4n) is 3.52. The lowest BCUT2D eigenvalue weighted by Gasteiger charge is -2.25. The first kappa shape index (κ1) is 11.1. The van der Waals surface area contributed by atoms with Gasteiger partial charge >= 0.3 is 0 Å². The predicted octanol–water partition coefficient (Wildman–Crippen LogP) is 2.71. The minimum absolute atomic E-state index is 0.146. The summed E-state index contributed by atoms with van der Waals surface area (Å²) in [6, 6.07) is 6.04. The summed E-state index contributed by atoms with van der Waals surface area (Å²) in [5.74, 6) is 0.454. The normalized spacial score (nSPS) is 30.8. The number of amides is 1. The van der Waals surface area contributed by atoms with Gasteiger partial charge in [0.2, 0.25) is 5.91 Å². The lowest BCUT2D eigenvalue weighted by molar-refractivity contribution is -0.127. The fourth-order valence-corrected chi connectivity index (χ4v) is 3.79. The third-order valence-corrected chi connectivity index (χ3v) is 4.83. The summed E-state index contributed by atoms with van der Waals surface area (Å²) < 4.78 is 0. The van der Waals surface area contributed by atoms with Crippen LogP contribution >= 0.6 is 11.6 Å². The molecule has 0 aliphatic heterocycles. The summed E-state index contributed by atoms with van der Waals surface area (Å²) in [5.41, 5.74) is 7.76. The molecule has 3 rings (SSSR count). The molecule has 2 aliphatic carbocycles. The number of hydrogen-bond acceptors (Lipinski definition) is 1. The van der Waals surface area contributed by atoms with Gasteiger partial charge in [0, 0.05) is 5.02 Å². The van der Waals surface area contributed by atoms with Gasteiger partial charge in [0.25, 0.3) is 0 Å². The van der Waals surface area contributed by atoms with Crippen molar-refractivity contribution in [2.75, 3.05) is 0 Å². The first-order chi connectivity index (χ1) is 8.11. The highest BCUT2D eigenvalue weighted by atomic mass is 35.5. The average Bonchev–Trinajstić information content (AvgIpc) is 2.57. The summed E-state index contributed by atoms with van der Waals surface area (Å²) in [7, 11) is 0. The van der Waals surface area contributed by atoms with Crippen LogP contribution in [0.25, 0.3) is 0 Å². The molecule has 0 radical (unpaired) electrons. The van der Waals surface area contributed by atoms with E-state index in [1.54, 1.807) is 0 Å². The predicted molar refractivity (Wildman–Crippen MR) is 67.8 cm³/mol. The number of carbonyl (C=O) groups is 1. The van der Waals surface area contributed by atoms with E-state index in [0.717, 1.165) is 42.7 Å². The van der Waals surface area contributed by atoms with Gasteiger partial charge in [-0.3, -0.25) is 4.79 Å². The Morgan fingerprint density at radius 2 is 2.29 bits per heavy atom. The van der Waals surface area contributed by atoms with E-state index in [4.69, 9.17) is 17.3 Å². The minimum atomic E-state index is -0.332. The molecule has 0 spiro atoms. The smallest absolute Gasteiger partial charge is 0.223 e. The fraction of sp³-hybridized carbons (Fsp3) is 0.500. The number of benzene rings is 1. The summed E-state index contributed by atoms with van der Waals surface area (Å²) >= 11 is 6.27. The molecular formula is C14H16ClNO. The number of rotatable bonds is 1. The standard InChI is InChI=1S/C14H16ClNO/c15-12-3-1-2-10-6-9-4-5-14(7-9,13(16)17)8-11(10)12/h1-3,9H,4-8H2,(H2,16,17). The zero-order valence-electron chi connectivity index (χ0n) is 9.71. The van der Waals surface area contributed by atoms with E-state index in [2.05, 4.69) is 6.07 Å². The number of carbonyl (C=O) groups excluding carboxylic acids is 1. The molecule has 2 unspecified atom stereocenters. The lowest BCUT2D eigenvalue weighted by atomic mass is 9.79. The maximum atomic E-state index is 11.8. The van der Waals surface area contributed by atoms with E-state index in [9.17, 15) is 4.79 Å². The van der Waals surface area contributed by atoms with Gasteiger partial charge in [0.15, 0.2) is 0 Å². The molecule has 1 saturated carbocycles. The maximum absolute atomic E-state index is 11.8. The molecule has 2 aliphatic rings. The zero-order chi connectivity index (χ0) is 12.0. The number of hydrogen-bond donors (Lipinski definition) is 1. The highest BCUT2D eigenvalue weighted by Gasteiger charge is 2.46. The molecule has 0 saturated heterocycles. The van der Waals surface area contributed by atoms with Gasteiger partial charge in [-0.05, 0) is 55.2 Å². The molecule has 2 bridgehead atoms. The van der Waals surface area contributed by atoms with Crippen molar-refractivity contribution in [1.29, 1.82) is 0 Å². The quantitative estimate of drug-likeness (QED) is 0.817. The molecular weight excluding hydrogens is 234 g/mol. The number of primary amides is 1. The lowest BCUT2D eigenvalue weighted by Crippen LogP contribution is -2.36. The van der Waals surface area contributed by atoms with Gasteiger partial charge in [-0.15, -0.1) is 0 Å². The van der Waals surface area contributed by atoms with Gasteiger partial charge in [-0.2, -0.15) is 0 Å². The SMILES string of the molecule is NC(=O)C12CCC(Cc3cccc(Cl)c3C1)C2. The molecule has 1 fully saturated rings. The highest BCUT2D eigenvalue weighted by molar-refractivity contribution is 6.31. The summed E-state index contributed by atoms with van der Waals surface area (Å²) in [6.07, 6.45) is 4.76. The highest BCUT2D eigenvalue weighted by Crippen LogP contribution is 2.49. The van der Waals surface area contributed by atoms with Gasteiger partial charge in [0.1, 0.15) is 0 Å². The van der Waals surface area contributed by atoms with Crippen LogP contribution < -0.4 is 5.73 Å². The molecule has 90 valence electrons. The van der Waals surface area contributed by atoms with E-state index >= 15 is 0 Å². The Morgan fingerprint density at radius 3 is 3.06 bits per heavy atom. The van der Waals surface area contributed by atoms with E-state index in [1.165, 1.54) is 5.56 Å². The summed E-state index contributed by atoms with van der Waals surface area (Å²) in [5, 5.41) is 0.788. The van der Waals surface area contributed by atoms with Gasteiger partial charge < -0.3 is 5.73 Å². The van der Waals surface area contributed by atoms with Crippen molar-refractivity contribution in [1.82, 2.24) is 0 Å². The van der Waals surface area contributed by atoms with Crippen LogP contribution in [0.15, 0.2) is 18.2 Å². The van der Waals surface area contributed by atoms with E-state index < -0.39 is 0 Å². The van der Waals surface area contributed by atoms with Crippen LogP contribution in [0.5, 0.6) is 0 Å². The largest absolute Gasteiger partial charge is 0.369 e. The van der Waals surface area contributed by atoms with Crippen molar-refractivity contribution < 1.29 is 4.79 Å². The summed E-state index contributed by atoms with van der Waals surface area (Å²) in [4.78, 5) is 11.8. The van der Waals surface area contributed by atoms with Crippen LogP contribution in [-0.2, 0) is 17.6 Å². The summed E-state index contributed by atoms with van der Waals surface area (Å²) in [6.45, 7) is 0. The molecule has 2 N–H and O–H groups in total. The van der Waals surface area contributed by atoms with Crippen LogP contribution in [0.1, 0.15) is 30.4 Å². The Morgan fingerprint density at radius 1 is 1.47 bits per heavy atom. The van der Waals surface area contributed by atoms with E-state index in [-0.39, 0.29) is 11.3 Å². The monoisotopic (exact) mass is 249 g/mol. The van der Waals surface area contributed by atoms with Crippen LogP contribution in [0.4, 0.5) is 0 Å². The molecule has 1 amide bonds. The van der Waals surface area contributed by atoms with Crippen molar-refractivity contribution in [3.8, 4) is 0 Å². The second kappa shape index (κ2) is 3.74. The Kier molecular flexibility index (Phi) is 2.44. The van der Waals surface area contributed by atoms with E-state index in [0.29, 0.717) is 5.92 Å². The van der Waals surface area contributed by atoms with Gasteiger partial charge in [-0.1, -0.05) is 23.7 Å². The number of fused-ring (bicyclic) bond motifs is 3. The molecule has 1 aromatic carbocycles. The van der Waals surface area contributed by atoms with Crippen LogP contribution in [0.3, 0.4) is 0 Å². The van der Waals surface area contributed by atoms with Crippen molar-refractivity contribution in [3.63, 3.8) is 0 Å². The second-order valence-electron chi connectivity index (χ2n) is 5.51. The minimum Gasteiger partial charge on any atom is -0.369 e. The molecule has 3 heteroatoms. The molecule has 1 aromatic rings. The topological polar surface area (TPSA) is 43.1 Å². The Hall–Kier alpha value is -1.02.